The summed E-state index contributed by atoms with van der Waals surface area (Å²) in [5.74, 6) is -2.40. The highest BCUT2D eigenvalue weighted by Crippen LogP contribution is 2.42. The molecule has 1 atom stereocenters. The molecule has 2 aliphatic rings. The summed E-state index contributed by atoms with van der Waals surface area (Å²) in [5, 5.41) is 6.55. The zero-order valence-corrected chi connectivity index (χ0v) is 20.9. The summed E-state index contributed by atoms with van der Waals surface area (Å²) in [5.41, 5.74) is 6.59. The van der Waals surface area contributed by atoms with Gasteiger partial charge < -0.3 is 20.7 Å². The molecule has 10 nitrogen and oxygen atoms in total. The van der Waals surface area contributed by atoms with Crippen molar-refractivity contribution in [3.8, 4) is 17.0 Å². The Balaban J connectivity index is 1.41. The van der Waals surface area contributed by atoms with Gasteiger partial charge in [-0.2, -0.15) is 0 Å². The number of fused-ring (bicyclic) bond motifs is 2. The third-order valence-corrected chi connectivity index (χ3v) is 7.02. The highest BCUT2D eigenvalue weighted by molar-refractivity contribution is 6.11. The van der Waals surface area contributed by atoms with Gasteiger partial charge in [-0.25, -0.2) is 13.9 Å². The number of alkyl halides is 3. The molecule has 3 N–H and O–H groups in total. The maximum Gasteiger partial charge on any atom is 0.573 e. The zero-order valence-electron chi connectivity index (χ0n) is 20.9. The molecule has 3 aromatic heterocycles. The monoisotopic (exact) mass is 555 g/mol. The fourth-order valence-electron chi connectivity index (χ4n) is 4.95. The topological polar surface area (TPSA) is 128 Å². The van der Waals surface area contributed by atoms with E-state index in [-0.39, 0.29) is 52.1 Å². The lowest BCUT2D eigenvalue weighted by Gasteiger charge is -2.24. The van der Waals surface area contributed by atoms with Gasteiger partial charge in [-0.3, -0.25) is 14.6 Å². The first-order valence-corrected chi connectivity index (χ1v) is 12.3. The van der Waals surface area contributed by atoms with Gasteiger partial charge in [-0.05, 0) is 49.4 Å². The molecule has 0 saturated heterocycles. The fourth-order valence-corrected chi connectivity index (χ4v) is 4.95. The second-order valence-electron chi connectivity index (χ2n) is 9.75. The second kappa shape index (κ2) is 9.17. The molecule has 1 aliphatic carbocycles. The minimum absolute atomic E-state index is 0.00992. The highest BCUT2D eigenvalue weighted by Gasteiger charge is 2.42. The first kappa shape index (κ1) is 25.5. The van der Waals surface area contributed by atoms with Crippen molar-refractivity contribution >= 4 is 29.0 Å². The summed E-state index contributed by atoms with van der Waals surface area (Å²) in [4.78, 5) is 35.9. The van der Waals surface area contributed by atoms with E-state index in [0.717, 1.165) is 31.2 Å². The fraction of sp³-hybridized carbons (Fsp3) is 0.269. The Bertz CT molecular complexity index is 1680. The van der Waals surface area contributed by atoms with Gasteiger partial charge in [-0.1, -0.05) is 0 Å². The smallest absolute Gasteiger partial charge is 0.405 e. The maximum atomic E-state index is 13.5. The number of carbonyl (C=O) groups is 2. The molecule has 1 aliphatic heterocycles. The van der Waals surface area contributed by atoms with E-state index in [1.54, 1.807) is 11.0 Å². The van der Waals surface area contributed by atoms with Crippen LogP contribution in [0, 0.1) is 11.7 Å². The number of benzene rings is 1. The van der Waals surface area contributed by atoms with E-state index in [9.17, 15) is 27.2 Å². The van der Waals surface area contributed by atoms with Crippen molar-refractivity contribution < 1.29 is 31.9 Å². The van der Waals surface area contributed by atoms with E-state index in [1.165, 1.54) is 23.0 Å². The van der Waals surface area contributed by atoms with Gasteiger partial charge in [-0.15, -0.1) is 18.3 Å². The number of rotatable bonds is 6. The van der Waals surface area contributed by atoms with Crippen molar-refractivity contribution in [2.24, 2.45) is 5.92 Å². The molecule has 206 valence electrons. The molecule has 1 aromatic carbocycles. The molecular formula is C26H21F4N7O3. The molecule has 6 rings (SSSR count). The van der Waals surface area contributed by atoms with Gasteiger partial charge >= 0.3 is 6.36 Å². The summed E-state index contributed by atoms with van der Waals surface area (Å²) in [6, 6.07) is 5.12. The molecule has 0 bridgehead atoms. The van der Waals surface area contributed by atoms with Crippen LogP contribution in [0.15, 0.2) is 42.9 Å². The van der Waals surface area contributed by atoms with Crippen LogP contribution in [0.25, 0.3) is 16.9 Å². The van der Waals surface area contributed by atoms with Crippen LogP contribution in [0.3, 0.4) is 0 Å². The van der Waals surface area contributed by atoms with Crippen LogP contribution in [0.1, 0.15) is 46.0 Å². The van der Waals surface area contributed by atoms with Gasteiger partial charge in [0.2, 0.25) is 0 Å². The van der Waals surface area contributed by atoms with Crippen molar-refractivity contribution in [3.05, 3.63) is 65.4 Å². The van der Waals surface area contributed by atoms with Gasteiger partial charge in [0.1, 0.15) is 17.1 Å². The van der Waals surface area contributed by atoms with Crippen LogP contribution < -0.4 is 15.8 Å². The standard InChI is InChI=1S/C26H21F4N7O3/c1-12(13-2-3-13)36-11-15-6-14(7-19(20(15)25(36)39)40-26(28,29)30)18-4-5-37-23(34-18)21(22(31)35-37)24(38)33-17-8-16(27)9-32-10-17/h4-10,12-13H,2-3,11H2,1H3,(H2,31,35)(H,33,38). The van der Waals surface area contributed by atoms with Crippen LogP contribution in [0.5, 0.6) is 5.75 Å². The number of carbonyl (C=O) groups excluding carboxylic acids is 2. The number of nitrogen functional groups attached to an aromatic ring is 1. The Morgan fingerprint density at radius 2 is 2.00 bits per heavy atom. The van der Waals surface area contributed by atoms with E-state index in [1.807, 2.05) is 6.92 Å². The summed E-state index contributed by atoms with van der Waals surface area (Å²) < 4.78 is 59.1. The number of nitrogens with two attached hydrogens (primary N) is 1. The third-order valence-electron chi connectivity index (χ3n) is 7.02. The number of hydrogen-bond donors (Lipinski definition) is 2. The number of halogens is 4. The van der Waals surface area contributed by atoms with Gasteiger partial charge in [0.25, 0.3) is 11.8 Å². The molecule has 4 heterocycles. The summed E-state index contributed by atoms with van der Waals surface area (Å²) in [7, 11) is 0. The summed E-state index contributed by atoms with van der Waals surface area (Å²) in [6.07, 6.45) is 0.545. The Morgan fingerprint density at radius 1 is 1.23 bits per heavy atom. The second-order valence-corrected chi connectivity index (χ2v) is 9.75. The van der Waals surface area contributed by atoms with Crippen molar-refractivity contribution in [1.29, 1.82) is 0 Å². The SMILES string of the molecule is CC(C1CC1)N1Cc2cc(-c3ccn4nc(N)c(C(=O)Nc5cncc(F)c5)c4n3)cc(OC(F)(F)F)c2C1=O. The van der Waals surface area contributed by atoms with Gasteiger partial charge in [0.05, 0.1) is 29.3 Å². The molecule has 0 spiro atoms. The lowest BCUT2D eigenvalue weighted by Crippen LogP contribution is -2.34. The van der Waals surface area contributed by atoms with E-state index in [2.05, 4.69) is 25.1 Å². The lowest BCUT2D eigenvalue weighted by atomic mass is 10.0. The van der Waals surface area contributed by atoms with Crippen molar-refractivity contribution in [1.82, 2.24) is 24.5 Å². The molecule has 4 aromatic rings. The van der Waals surface area contributed by atoms with Crippen molar-refractivity contribution in [3.63, 3.8) is 0 Å². The van der Waals surface area contributed by atoms with E-state index >= 15 is 0 Å². The molecule has 14 heteroatoms. The van der Waals surface area contributed by atoms with Gasteiger partial charge in [0.15, 0.2) is 11.5 Å². The minimum atomic E-state index is -5.03. The van der Waals surface area contributed by atoms with Crippen LogP contribution in [-0.4, -0.2) is 48.7 Å². The molecule has 1 fully saturated rings. The minimum Gasteiger partial charge on any atom is -0.405 e. The molecule has 1 unspecified atom stereocenters. The lowest BCUT2D eigenvalue weighted by molar-refractivity contribution is -0.274. The molecule has 1 saturated carbocycles. The van der Waals surface area contributed by atoms with Crippen molar-refractivity contribution in [2.75, 3.05) is 11.1 Å². The Labute approximate surface area is 223 Å². The molecule has 40 heavy (non-hydrogen) atoms. The maximum absolute atomic E-state index is 13.5. The third kappa shape index (κ3) is 4.65. The van der Waals surface area contributed by atoms with Crippen LogP contribution in [0.2, 0.25) is 0 Å². The number of nitrogens with zero attached hydrogens (tertiary/aromatic N) is 5. The summed E-state index contributed by atoms with van der Waals surface area (Å²) >= 11 is 0. The first-order chi connectivity index (χ1) is 19.0. The zero-order chi connectivity index (χ0) is 28.3. The number of pyridine rings is 1. The number of hydrogen-bond acceptors (Lipinski definition) is 7. The number of anilines is 2. The van der Waals surface area contributed by atoms with Crippen LogP contribution in [0.4, 0.5) is 29.1 Å². The predicted molar refractivity (Wildman–Crippen MR) is 134 cm³/mol. The summed E-state index contributed by atoms with van der Waals surface area (Å²) in [6.45, 7) is 2.02. The number of nitrogens with one attached hydrogen (secondary N) is 1. The number of ether oxygens (including phenoxy) is 1. The largest absolute Gasteiger partial charge is 0.573 e. The Morgan fingerprint density at radius 3 is 2.70 bits per heavy atom. The van der Waals surface area contributed by atoms with E-state index in [4.69, 9.17) is 5.73 Å². The quantitative estimate of drug-likeness (QED) is 0.337. The molecular weight excluding hydrogens is 534 g/mol. The predicted octanol–water partition coefficient (Wildman–Crippen LogP) is 4.42. The Kier molecular flexibility index (Phi) is 5.85. The molecule has 2 amide bonds. The highest BCUT2D eigenvalue weighted by atomic mass is 19.4. The van der Waals surface area contributed by atoms with E-state index < -0.39 is 29.7 Å². The first-order valence-electron chi connectivity index (χ1n) is 12.3. The number of aromatic nitrogens is 4. The number of amides is 2. The molecule has 0 radical (unpaired) electrons. The van der Waals surface area contributed by atoms with Crippen LogP contribution >= 0.6 is 0 Å². The Hall–Kier alpha value is -4.75. The van der Waals surface area contributed by atoms with Gasteiger partial charge in [0, 0.05) is 30.4 Å². The average Bonchev–Trinajstić information content (AvgIpc) is 3.59. The van der Waals surface area contributed by atoms with Crippen molar-refractivity contribution in [2.45, 2.75) is 38.7 Å². The normalized spacial score (nSPS) is 15.8. The average molecular weight is 555 g/mol. The van der Waals surface area contributed by atoms with Crippen LogP contribution in [-0.2, 0) is 6.54 Å². The van der Waals surface area contributed by atoms with E-state index in [0.29, 0.717) is 11.5 Å².